The summed E-state index contributed by atoms with van der Waals surface area (Å²) in [6, 6.07) is 5.73. The van der Waals surface area contributed by atoms with Crippen LogP contribution in [0.4, 0.5) is 10.2 Å². The predicted octanol–water partition coefficient (Wildman–Crippen LogP) is 1.60. The number of nitrogens with one attached hydrogen (secondary N) is 1. The standard InChI is InChI=1S/C18H18ClFN6O2/c19-14-9-13(20)4-3-12(14)10-21-16(27)11-26-18(28)25-8-5-15(22-17(25)23-26)24-6-1-2-7-24/h3-5,8-9H,1-2,6-7,10-11H2,(H,21,27). The van der Waals surface area contributed by atoms with Gasteiger partial charge in [0.15, 0.2) is 0 Å². The normalized spacial score (nSPS) is 14.0. The van der Waals surface area contributed by atoms with E-state index >= 15 is 0 Å². The van der Waals surface area contributed by atoms with E-state index in [1.807, 2.05) is 0 Å². The summed E-state index contributed by atoms with van der Waals surface area (Å²) < 4.78 is 15.5. The third-order valence-electron chi connectivity index (χ3n) is 4.65. The van der Waals surface area contributed by atoms with Gasteiger partial charge >= 0.3 is 5.69 Å². The van der Waals surface area contributed by atoms with Crippen molar-refractivity contribution in [1.82, 2.24) is 24.5 Å². The second kappa shape index (κ2) is 7.59. The molecule has 4 rings (SSSR count). The number of aromatic nitrogens is 4. The van der Waals surface area contributed by atoms with Crippen molar-refractivity contribution in [3.8, 4) is 0 Å². The van der Waals surface area contributed by atoms with Crippen molar-refractivity contribution < 1.29 is 9.18 Å². The van der Waals surface area contributed by atoms with E-state index in [-0.39, 0.29) is 23.9 Å². The molecular formula is C18H18ClFN6O2. The highest BCUT2D eigenvalue weighted by Gasteiger charge is 2.17. The van der Waals surface area contributed by atoms with Gasteiger partial charge in [-0.2, -0.15) is 4.98 Å². The van der Waals surface area contributed by atoms with E-state index in [0.29, 0.717) is 5.56 Å². The molecule has 1 N–H and O–H groups in total. The van der Waals surface area contributed by atoms with E-state index < -0.39 is 17.4 Å². The van der Waals surface area contributed by atoms with Crippen LogP contribution in [0.15, 0.2) is 35.3 Å². The van der Waals surface area contributed by atoms with Gasteiger partial charge in [0, 0.05) is 30.9 Å². The van der Waals surface area contributed by atoms with Crippen LogP contribution in [0.2, 0.25) is 5.02 Å². The van der Waals surface area contributed by atoms with Crippen molar-refractivity contribution in [1.29, 1.82) is 0 Å². The van der Waals surface area contributed by atoms with Crippen molar-refractivity contribution >= 4 is 29.1 Å². The second-order valence-corrected chi connectivity index (χ2v) is 7.01. The van der Waals surface area contributed by atoms with Gasteiger partial charge in [0.2, 0.25) is 5.91 Å². The predicted molar refractivity (Wildman–Crippen MR) is 102 cm³/mol. The molecule has 3 heterocycles. The topological polar surface area (TPSA) is 84.5 Å². The SMILES string of the molecule is O=C(Cn1nc2nc(N3CCCC3)ccn2c1=O)NCc1ccc(F)cc1Cl. The first-order valence-electron chi connectivity index (χ1n) is 8.93. The number of fused-ring (bicyclic) bond motifs is 1. The fraction of sp³-hybridized carbons (Fsp3) is 0.333. The zero-order chi connectivity index (χ0) is 19.7. The van der Waals surface area contributed by atoms with Crippen LogP contribution >= 0.6 is 11.6 Å². The third kappa shape index (κ3) is 3.70. The zero-order valence-electron chi connectivity index (χ0n) is 14.9. The molecule has 0 radical (unpaired) electrons. The number of rotatable bonds is 5. The molecule has 3 aromatic rings. The Morgan fingerprint density at radius 2 is 2.04 bits per heavy atom. The van der Waals surface area contributed by atoms with Crippen molar-refractivity contribution in [2.75, 3.05) is 18.0 Å². The van der Waals surface area contributed by atoms with Crippen LogP contribution in [0.25, 0.3) is 5.78 Å². The molecule has 1 aromatic carbocycles. The van der Waals surface area contributed by atoms with Crippen LogP contribution < -0.4 is 15.9 Å². The van der Waals surface area contributed by atoms with E-state index in [1.54, 1.807) is 12.3 Å². The molecule has 0 unspecified atom stereocenters. The maximum atomic E-state index is 13.1. The Labute approximate surface area is 164 Å². The Morgan fingerprint density at radius 3 is 2.79 bits per heavy atom. The Bertz CT molecular complexity index is 1090. The van der Waals surface area contributed by atoms with Gasteiger partial charge in [-0.3, -0.25) is 4.79 Å². The molecule has 0 atom stereocenters. The average Bonchev–Trinajstić information content (AvgIpc) is 3.30. The molecule has 0 spiro atoms. The summed E-state index contributed by atoms with van der Waals surface area (Å²) in [6.07, 6.45) is 3.86. The third-order valence-corrected chi connectivity index (χ3v) is 5.01. The number of benzene rings is 1. The monoisotopic (exact) mass is 404 g/mol. The first-order chi connectivity index (χ1) is 13.5. The maximum absolute atomic E-state index is 13.1. The van der Waals surface area contributed by atoms with Gasteiger partial charge in [0.05, 0.1) is 0 Å². The number of hydrogen-bond donors (Lipinski definition) is 1. The number of nitrogens with zero attached hydrogens (tertiary/aromatic N) is 5. The minimum Gasteiger partial charge on any atom is -0.356 e. The Hall–Kier alpha value is -2.94. The van der Waals surface area contributed by atoms with E-state index in [9.17, 15) is 14.0 Å². The molecule has 10 heteroatoms. The Morgan fingerprint density at radius 1 is 1.25 bits per heavy atom. The van der Waals surface area contributed by atoms with E-state index in [0.717, 1.165) is 36.4 Å². The second-order valence-electron chi connectivity index (χ2n) is 6.60. The van der Waals surface area contributed by atoms with Crippen molar-refractivity contribution in [2.24, 2.45) is 0 Å². The summed E-state index contributed by atoms with van der Waals surface area (Å²) in [5.74, 6) is 0.170. The summed E-state index contributed by atoms with van der Waals surface area (Å²) in [5.41, 5.74) is 0.140. The number of anilines is 1. The van der Waals surface area contributed by atoms with Crippen molar-refractivity contribution in [3.05, 3.63) is 57.3 Å². The molecule has 2 aromatic heterocycles. The fourth-order valence-electron chi connectivity index (χ4n) is 3.17. The molecule has 1 amide bonds. The van der Waals surface area contributed by atoms with Crippen LogP contribution in [0.5, 0.6) is 0 Å². The van der Waals surface area contributed by atoms with Gasteiger partial charge in [0.1, 0.15) is 18.2 Å². The highest BCUT2D eigenvalue weighted by Crippen LogP contribution is 2.18. The summed E-state index contributed by atoms with van der Waals surface area (Å²) in [6.45, 7) is 1.74. The lowest BCUT2D eigenvalue weighted by Crippen LogP contribution is -2.32. The lowest BCUT2D eigenvalue weighted by Gasteiger charge is -2.15. The zero-order valence-corrected chi connectivity index (χ0v) is 15.7. The molecule has 1 fully saturated rings. The first-order valence-corrected chi connectivity index (χ1v) is 9.31. The van der Waals surface area contributed by atoms with Crippen molar-refractivity contribution in [2.45, 2.75) is 25.9 Å². The van der Waals surface area contributed by atoms with Gasteiger partial charge in [-0.1, -0.05) is 17.7 Å². The first kappa shape index (κ1) is 18.4. The molecule has 0 saturated carbocycles. The molecule has 146 valence electrons. The van der Waals surface area contributed by atoms with E-state index in [1.165, 1.54) is 22.6 Å². The molecular weight excluding hydrogens is 387 g/mol. The summed E-state index contributed by atoms with van der Waals surface area (Å²) in [7, 11) is 0. The van der Waals surface area contributed by atoms with Gasteiger partial charge in [-0.05, 0) is 36.6 Å². The molecule has 28 heavy (non-hydrogen) atoms. The Balaban J connectivity index is 1.46. The molecule has 0 aliphatic carbocycles. The van der Waals surface area contributed by atoms with Crippen molar-refractivity contribution in [3.63, 3.8) is 0 Å². The molecule has 1 saturated heterocycles. The Kier molecular flexibility index (Phi) is 4.99. The van der Waals surface area contributed by atoms with Crippen LogP contribution in [0, 0.1) is 5.82 Å². The van der Waals surface area contributed by atoms with Crippen LogP contribution in [0.1, 0.15) is 18.4 Å². The molecule has 0 bridgehead atoms. The lowest BCUT2D eigenvalue weighted by molar-refractivity contribution is -0.122. The highest BCUT2D eigenvalue weighted by atomic mass is 35.5. The fourth-order valence-corrected chi connectivity index (χ4v) is 3.41. The van der Waals surface area contributed by atoms with E-state index in [2.05, 4.69) is 20.3 Å². The minimum absolute atomic E-state index is 0.122. The molecule has 8 nitrogen and oxygen atoms in total. The average molecular weight is 405 g/mol. The highest BCUT2D eigenvalue weighted by molar-refractivity contribution is 6.31. The molecule has 1 aliphatic rings. The van der Waals surface area contributed by atoms with Gasteiger partial charge in [-0.15, -0.1) is 5.10 Å². The largest absolute Gasteiger partial charge is 0.356 e. The van der Waals surface area contributed by atoms with Gasteiger partial charge in [0.25, 0.3) is 5.78 Å². The maximum Gasteiger partial charge on any atom is 0.352 e. The smallest absolute Gasteiger partial charge is 0.352 e. The lowest BCUT2D eigenvalue weighted by atomic mass is 10.2. The summed E-state index contributed by atoms with van der Waals surface area (Å²) in [4.78, 5) is 31.2. The van der Waals surface area contributed by atoms with Crippen LogP contribution in [0.3, 0.4) is 0 Å². The number of carbonyl (C=O) groups is 1. The molecule has 1 aliphatic heterocycles. The number of carbonyl (C=O) groups excluding carboxylic acids is 1. The minimum atomic E-state index is -0.447. The quantitative estimate of drug-likeness (QED) is 0.698. The van der Waals surface area contributed by atoms with E-state index in [4.69, 9.17) is 11.6 Å². The van der Waals surface area contributed by atoms with Gasteiger partial charge < -0.3 is 10.2 Å². The number of hydrogen-bond acceptors (Lipinski definition) is 5. The van der Waals surface area contributed by atoms with Gasteiger partial charge in [-0.25, -0.2) is 18.3 Å². The van der Waals surface area contributed by atoms with Crippen LogP contribution in [-0.4, -0.2) is 38.2 Å². The van der Waals surface area contributed by atoms with Crippen LogP contribution in [-0.2, 0) is 17.9 Å². The number of halogens is 2. The number of amides is 1. The summed E-state index contributed by atoms with van der Waals surface area (Å²) in [5, 5.41) is 7.04. The summed E-state index contributed by atoms with van der Waals surface area (Å²) >= 11 is 5.95.